The lowest BCUT2D eigenvalue weighted by Gasteiger charge is -2.24. The summed E-state index contributed by atoms with van der Waals surface area (Å²) in [5, 5.41) is 2.77. The number of hydrogen-bond donors (Lipinski definition) is 1. The molecule has 22 heavy (non-hydrogen) atoms. The number of amides is 1. The number of benzene rings is 1. The minimum atomic E-state index is -4.67. The van der Waals surface area contributed by atoms with E-state index in [9.17, 15) is 18.0 Å². The molecule has 0 saturated heterocycles. The number of amidine groups is 1. The van der Waals surface area contributed by atoms with Gasteiger partial charge < -0.3 is 5.32 Å². The standard InChI is InChI=1S/C15H13F3N2OS/c1-4-10-7-5-6-8-11(10)9(2)19-13-20-12(21)14(3,22-13)15(16,17)18/h1,5-9H,2-3H3,(H,19,20,21)/t9-,14?/m0/s1. The first-order valence-corrected chi connectivity index (χ1v) is 7.21. The number of rotatable bonds is 2. The van der Waals surface area contributed by atoms with Gasteiger partial charge in [-0.2, -0.15) is 18.2 Å². The second-order valence-corrected chi connectivity index (χ2v) is 6.36. The molecule has 0 radical (unpaired) electrons. The first kappa shape index (κ1) is 16.4. The quantitative estimate of drug-likeness (QED) is 0.848. The third-order valence-electron chi connectivity index (χ3n) is 3.38. The van der Waals surface area contributed by atoms with Crippen LogP contribution in [0, 0.1) is 12.3 Å². The van der Waals surface area contributed by atoms with Crippen molar-refractivity contribution in [3.63, 3.8) is 0 Å². The van der Waals surface area contributed by atoms with Crippen LogP contribution >= 0.6 is 11.8 Å². The van der Waals surface area contributed by atoms with Crippen molar-refractivity contribution in [3.05, 3.63) is 35.4 Å². The lowest BCUT2D eigenvalue weighted by molar-refractivity contribution is -0.165. The van der Waals surface area contributed by atoms with Crippen LogP contribution < -0.4 is 5.32 Å². The van der Waals surface area contributed by atoms with Crippen molar-refractivity contribution >= 4 is 22.8 Å². The summed E-state index contributed by atoms with van der Waals surface area (Å²) in [5.41, 5.74) is 1.39. The third kappa shape index (κ3) is 2.83. The van der Waals surface area contributed by atoms with Crippen molar-refractivity contribution < 1.29 is 18.0 Å². The van der Waals surface area contributed by atoms with E-state index in [2.05, 4.69) is 16.2 Å². The number of aliphatic imine (C=N–C) groups is 1. The second-order valence-electron chi connectivity index (χ2n) is 4.95. The summed E-state index contributed by atoms with van der Waals surface area (Å²) < 4.78 is 36.4. The molecule has 2 rings (SSSR count). The zero-order chi connectivity index (χ0) is 16.5. The molecule has 1 unspecified atom stereocenters. The van der Waals surface area contributed by atoms with E-state index in [1.165, 1.54) is 0 Å². The Balaban J connectivity index is 2.18. The van der Waals surface area contributed by atoms with E-state index in [1.807, 2.05) is 0 Å². The van der Waals surface area contributed by atoms with E-state index in [-0.39, 0.29) is 11.2 Å². The average Bonchev–Trinajstić information content (AvgIpc) is 2.74. The Morgan fingerprint density at radius 2 is 2.05 bits per heavy atom. The number of terminal acetylenes is 1. The van der Waals surface area contributed by atoms with Crippen LogP contribution in [0.25, 0.3) is 0 Å². The van der Waals surface area contributed by atoms with E-state index in [4.69, 9.17) is 6.42 Å². The highest BCUT2D eigenvalue weighted by Crippen LogP contribution is 2.46. The van der Waals surface area contributed by atoms with Crippen molar-refractivity contribution in [1.82, 2.24) is 5.32 Å². The van der Waals surface area contributed by atoms with E-state index in [1.54, 1.807) is 31.2 Å². The van der Waals surface area contributed by atoms with Crippen molar-refractivity contribution in [2.24, 2.45) is 4.99 Å². The summed E-state index contributed by atoms with van der Waals surface area (Å²) >= 11 is 0.377. The highest BCUT2D eigenvalue weighted by atomic mass is 32.2. The Bertz CT molecular complexity index is 678. The van der Waals surface area contributed by atoms with Gasteiger partial charge in [-0.05, 0) is 25.5 Å². The van der Waals surface area contributed by atoms with Gasteiger partial charge in [0.05, 0.1) is 6.04 Å². The Hall–Kier alpha value is -1.94. The number of thioether (sulfide) groups is 1. The average molecular weight is 326 g/mol. The normalized spacial score (nSPS) is 22.9. The van der Waals surface area contributed by atoms with Crippen LogP contribution in [0.1, 0.15) is 31.0 Å². The Kier molecular flexibility index (Phi) is 4.25. The zero-order valence-corrected chi connectivity index (χ0v) is 12.7. The van der Waals surface area contributed by atoms with Crippen molar-refractivity contribution in [2.75, 3.05) is 0 Å². The molecule has 1 heterocycles. The van der Waals surface area contributed by atoms with Crippen molar-refractivity contribution in [1.29, 1.82) is 0 Å². The second kappa shape index (κ2) is 5.69. The maximum atomic E-state index is 13.0. The van der Waals surface area contributed by atoms with Gasteiger partial charge in [0.15, 0.2) is 9.91 Å². The van der Waals surface area contributed by atoms with Gasteiger partial charge in [-0.25, -0.2) is 0 Å². The van der Waals surface area contributed by atoms with E-state index >= 15 is 0 Å². The van der Waals surface area contributed by atoms with Crippen LogP contribution in [0.3, 0.4) is 0 Å². The molecule has 0 spiro atoms. The molecule has 0 aromatic heterocycles. The molecule has 1 N–H and O–H groups in total. The molecule has 1 amide bonds. The number of nitrogens with one attached hydrogen (secondary N) is 1. The first-order valence-electron chi connectivity index (χ1n) is 6.40. The van der Waals surface area contributed by atoms with Gasteiger partial charge in [0.2, 0.25) is 0 Å². The van der Waals surface area contributed by atoms with E-state index in [0.717, 1.165) is 12.5 Å². The number of carbonyl (C=O) groups excluding carboxylic acids is 1. The predicted molar refractivity (Wildman–Crippen MR) is 80.4 cm³/mol. The van der Waals surface area contributed by atoms with E-state index < -0.39 is 16.8 Å². The number of halogens is 3. The monoisotopic (exact) mass is 326 g/mol. The molecule has 0 fully saturated rings. The number of alkyl halides is 3. The summed E-state index contributed by atoms with van der Waals surface area (Å²) in [6, 6.07) is 6.70. The summed E-state index contributed by atoms with van der Waals surface area (Å²) in [6.45, 7) is 2.57. The van der Waals surface area contributed by atoms with Crippen LogP contribution in [0.5, 0.6) is 0 Å². The highest BCUT2D eigenvalue weighted by Gasteiger charge is 2.61. The van der Waals surface area contributed by atoms with Gasteiger partial charge in [0, 0.05) is 5.56 Å². The molecule has 116 valence electrons. The predicted octanol–water partition coefficient (Wildman–Crippen LogP) is 3.27. The smallest absolute Gasteiger partial charge is 0.358 e. The molecule has 1 aliphatic heterocycles. The topological polar surface area (TPSA) is 41.5 Å². The van der Waals surface area contributed by atoms with Gasteiger partial charge in [-0.1, -0.05) is 35.9 Å². The Morgan fingerprint density at radius 1 is 1.41 bits per heavy atom. The maximum absolute atomic E-state index is 13.0. The van der Waals surface area contributed by atoms with Gasteiger partial charge in [0.1, 0.15) is 0 Å². The fourth-order valence-corrected chi connectivity index (χ4v) is 2.97. The van der Waals surface area contributed by atoms with E-state index in [0.29, 0.717) is 17.3 Å². The molecule has 3 nitrogen and oxygen atoms in total. The van der Waals surface area contributed by atoms with Crippen molar-refractivity contribution in [3.8, 4) is 12.3 Å². The molecule has 1 aromatic rings. The lowest BCUT2D eigenvalue weighted by atomic mass is 10.0. The number of hydrogen-bond acceptors (Lipinski definition) is 3. The maximum Gasteiger partial charge on any atom is 0.412 e. The molecule has 0 bridgehead atoms. The lowest BCUT2D eigenvalue weighted by Crippen LogP contribution is -2.44. The van der Waals surface area contributed by atoms with Crippen molar-refractivity contribution in [2.45, 2.75) is 30.8 Å². The van der Waals surface area contributed by atoms with Crippen LogP contribution in [-0.4, -0.2) is 22.0 Å². The van der Waals surface area contributed by atoms with Crippen LogP contribution in [-0.2, 0) is 4.79 Å². The molecular weight excluding hydrogens is 313 g/mol. The molecule has 0 saturated carbocycles. The summed E-state index contributed by atoms with van der Waals surface area (Å²) in [6.07, 6.45) is 0.738. The van der Waals surface area contributed by atoms with Crippen LogP contribution in [0.2, 0.25) is 0 Å². The molecule has 7 heteroatoms. The van der Waals surface area contributed by atoms with Gasteiger partial charge in [-0.3, -0.25) is 4.79 Å². The number of nitrogens with zero attached hydrogens (tertiary/aromatic N) is 1. The SMILES string of the molecule is C#Cc1ccccc1[C@H](C)NC1=NC(=O)C(C)(C(F)(F)F)S1. The fraction of sp³-hybridized carbons (Fsp3) is 0.333. The molecule has 2 atom stereocenters. The van der Waals surface area contributed by atoms with Gasteiger partial charge in [0.25, 0.3) is 5.91 Å². The third-order valence-corrected chi connectivity index (χ3v) is 4.59. The minimum absolute atomic E-state index is 0.0517. The summed E-state index contributed by atoms with van der Waals surface area (Å²) in [4.78, 5) is 15.1. The fourth-order valence-electron chi connectivity index (χ4n) is 1.97. The largest absolute Gasteiger partial charge is 0.412 e. The molecule has 1 aliphatic rings. The van der Waals surface area contributed by atoms with Gasteiger partial charge >= 0.3 is 6.18 Å². The number of carbonyl (C=O) groups is 1. The Morgan fingerprint density at radius 3 is 2.59 bits per heavy atom. The molecule has 0 aliphatic carbocycles. The first-order chi connectivity index (χ1) is 10.2. The highest BCUT2D eigenvalue weighted by molar-refractivity contribution is 8.16. The zero-order valence-electron chi connectivity index (χ0n) is 11.9. The molecular formula is C15H13F3N2OS. The summed E-state index contributed by atoms with van der Waals surface area (Å²) in [7, 11) is 0. The van der Waals surface area contributed by atoms with Crippen LogP contribution in [0.15, 0.2) is 29.3 Å². The Labute approximate surface area is 130 Å². The minimum Gasteiger partial charge on any atom is -0.358 e. The van der Waals surface area contributed by atoms with Crippen LogP contribution in [0.4, 0.5) is 13.2 Å². The molecule has 1 aromatic carbocycles. The summed E-state index contributed by atoms with van der Waals surface area (Å²) in [5.74, 6) is 1.31. The van der Waals surface area contributed by atoms with Gasteiger partial charge in [-0.15, -0.1) is 6.42 Å².